The topological polar surface area (TPSA) is 35.9 Å². The van der Waals surface area contributed by atoms with Crippen molar-refractivity contribution in [2.75, 3.05) is 40.3 Å². The molecule has 0 amide bonds. The van der Waals surface area contributed by atoms with Crippen LogP contribution in [0, 0.1) is 11.8 Å². The number of piperidine rings is 1. The van der Waals surface area contributed by atoms with Gasteiger partial charge in [0.05, 0.1) is 12.7 Å². The summed E-state index contributed by atoms with van der Waals surface area (Å²) in [5.41, 5.74) is 1.31. The van der Waals surface area contributed by atoms with Gasteiger partial charge in [-0.2, -0.15) is 0 Å². The Bertz CT molecular complexity index is 492. The average Bonchev–Trinajstić information content (AvgIpc) is 2.74. The summed E-state index contributed by atoms with van der Waals surface area (Å²) in [6.45, 7) is 4.85. The van der Waals surface area contributed by atoms with Crippen LogP contribution in [0.25, 0.3) is 0 Å². The molecular weight excluding hydrogens is 288 g/mol. The van der Waals surface area contributed by atoms with Crippen molar-refractivity contribution in [2.24, 2.45) is 11.8 Å². The molecule has 1 aromatic carbocycles. The Labute approximate surface area is 140 Å². The number of hydrogen-bond acceptors (Lipinski definition) is 4. The van der Waals surface area contributed by atoms with Crippen molar-refractivity contribution >= 4 is 0 Å². The second-order valence-electron chi connectivity index (χ2n) is 7.43. The van der Waals surface area contributed by atoms with Gasteiger partial charge in [-0.1, -0.05) is 12.1 Å². The Morgan fingerprint density at radius 3 is 2.65 bits per heavy atom. The molecule has 1 heterocycles. The fourth-order valence-electron chi connectivity index (χ4n) is 3.98. The molecule has 23 heavy (non-hydrogen) atoms. The summed E-state index contributed by atoms with van der Waals surface area (Å²) < 4.78 is 5.87. The molecule has 4 nitrogen and oxygen atoms in total. The van der Waals surface area contributed by atoms with Crippen LogP contribution in [0.2, 0.25) is 0 Å². The molecule has 2 bridgehead atoms. The van der Waals surface area contributed by atoms with Gasteiger partial charge in [-0.05, 0) is 62.9 Å². The number of benzene rings is 1. The first kappa shape index (κ1) is 16.7. The number of rotatable bonds is 7. The van der Waals surface area contributed by atoms with Crippen LogP contribution < -0.4 is 4.74 Å². The minimum absolute atomic E-state index is 0.0578. The number of aliphatic hydroxyl groups excluding tert-OH is 1. The van der Waals surface area contributed by atoms with Gasteiger partial charge >= 0.3 is 0 Å². The molecule has 1 aliphatic heterocycles. The monoisotopic (exact) mass is 318 g/mol. The van der Waals surface area contributed by atoms with Crippen LogP contribution in [0.15, 0.2) is 24.3 Å². The van der Waals surface area contributed by atoms with Crippen LogP contribution in [0.3, 0.4) is 0 Å². The van der Waals surface area contributed by atoms with Gasteiger partial charge in [0.1, 0.15) is 5.75 Å². The van der Waals surface area contributed by atoms with Gasteiger partial charge in [0.2, 0.25) is 0 Å². The molecule has 3 atom stereocenters. The molecule has 0 aromatic heterocycles. The van der Waals surface area contributed by atoms with Crippen molar-refractivity contribution in [3.8, 4) is 5.75 Å². The molecule has 1 saturated heterocycles. The predicted molar refractivity (Wildman–Crippen MR) is 92.6 cm³/mol. The highest BCUT2D eigenvalue weighted by Crippen LogP contribution is 2.37. The third-order valence-corrected chi connectivity index (χ3v) is 5.18. The van der Waals surface area contributed by atoms with Crippen molar-refractivity contribution in [1.82, 2.24) is 9.80 Å². The first-order valence-corrected chi connectivity index (χ1v) is 8.88. The van der Waals surface area contributed by atoms with E-state index in [2.05, 4.69) is 42.1 Å². The first-order chi connectivity index (χ1) is 11.1. The van der Waals surface area contributed by atoms with E-state index < -0.39 is 0 Å². The lowest BCUT2D eigenvalue weighted by molar-refractivity contribution is 0.0138. The molecule has 0 spiro atoms. The van der Waals surface area contributed by atoms with Crippen LogP contribution >= 0.6 is 0 Å². The van der Waals surface area contributed by atoms with Gasteiger partial charge in [0.15, 0.2) is 0 Å². The molecule has 1 aliphatic carbocycles. The summed E-state index contributed by atoms with van der Waals surface area (Å²) >= 11 is 0. The smallest absolute Gasteiger partial charge is 0.119 e. The fourth-order valence-corrected chi connectivity index (χ4v) is 3.98. The van der Waals surface area contributed by atoms with E-state index in [1.54, 1.807) is 0 Å². The molecule has 2 aliphatic rings. The molecule has 4 heteroatoms. The Morgan fingerprint density at radius 2 is 1.96 bits per heavy atom. The van der Waals surface area contributed by atoms with E-state index in [4.69, 9.17) is 4.74 Å². The van der Waals surface area contributed by atoms with E-state index in [1.165, 1.54) is 18.4 Å². The van der Waals surface area contributed by atoms with E-state index in [9.17, 15) is 5.11 Å². The van der Waals surface area contributed by atoms with Gasteiger partial charge in [0.25, 0.3) is 0 Å². The second kappa shape index (κ2) is 7.65. The molecule has 1 unspecified atom stereocenters. The summed E-state index contributed by atoms with van der Waals surface area (Å²) in [7, 11) is 4.17. The van der Waals surface area contributed by atoms with E-state index in [0.29, 0.717) is 11.8 Å². The highest BCUT2D eigenvalue weighted by atomic mass is 16.5. The zero-order valence-corrected chi connectivity index (χ0v) is 14.4. The largest absolute Gasteiger partial charge is 0.494 e. The van der Waals surface area contributed by atoms with Gasteiger partial charge < -0.3 is 14.7 Å². The van der Waals surface area contributed by atoms with Gasteiger partial charge in [-0.25, -0.2) is 0 Å². The molecule has 1 aromatic rings. The molecule has 3 rings (SSSR count). The number of aliphatic hydroxyl groups is 1. The SMILES string of the molecule is CN(C)CCCOc1cccc(CN2C[C@H]3CC[C@@H](C2)C3O)c1. The Morgan fingerprint density at radius 1 is 1.22 bits per heavy atom. The standard InChI is InChI=1S/C19H30N2O2/c1-20(2)9-4-10-23-18-6-3-5-15(11-18)12-21-13-16-7-8-17(14-21)19(16)22/h3,5-6,11,16-17,19,22H,4,7-10,12-14H2,1-2H3/t16-,17+,19?. The summed E-state index contributed by atoms with van der Waals surface area (Å²) in [5, 5.41) is 10.1. The summed E-state index contributed by atoms with van der Waals surface area (Å²) in [5.74, 6) is 1.94. The van der Waals surface area contributed by atoms with Gasteiger partial charge in [-0.3, -0.25) is 4.90 Å². The lowest BCUT2D eigenvalue weighted by atomic mass is 9.95. The zero-order chi connectivity index (χ0) is 16.2. The van der Waals surface area contributed by atoms with E-state index in [1.807, 2.05) is 6.07 Å². The maximum atomic E-state index is 10.1. The zero-order valence-electron chi connectivity index (χ0n) is 14.4. The van der Waals surface area contributed by atoms with E-state index in [-0.39, 0.29) is 6.10 Å². The molecule has 1 saturated carbocycles. The second-order valence-corrected chi connectivity index (χ2v) is 7.43. The van der Waals surface area contributed by atoms with Gasteiger partial charge in [-0.15, -0.1) is 0 Å². The van der Waals surface area contributed by atoms with Crippen LogP contribution in [-0.4, -0.2) is 61.3 Å². The Balaban J connectivity index is 1.50. The molecule has 1 N–H and O–H groups in total. The van der Waals surface area contributed by atoms with Crippen molar-refractivity contribution < 1.29 is 9.84 Å². The van der Waals surface area contributed by atoms with E-state index >= 15 is 0 Å². The van der Waals surface area contributed by atoms with Crippen LogP contribution in [0.4, 0.5) is 0 Å². The van der Waals surface area contributed by atoms with Crippen LogP contribution in [0.5, 0.6) is 5.75 Å². The van der Waals surface area contributed by atoms with Crippen molar-refractivity contribution in [1.29, 1.82) is 0 Å². The van der Waals surface area contributed by atoms with Crippen molar-refractivity contribution in [3.05, 3.63) is 29.8 Å². The minimum atomic E-state index is -0.0578. The van der Waals surface area contributed by atoms with Crippen molar-refractivity contribution in [3.63, 3.8) is 0 Å². The number of ether oxygens (including phenoxy) is 1. The number of hydrogen-bond donors (Lipinski definition) is 1. The van der Waals surface area contributed by atoms with Crippen LogP contribution in [-0.2, 0) is 6.54 Å². The number of nitrogens with zero attached hydrogens (tertiary/aromatic N) is 2. The maximum absolute atomic E-state index is 10.1. The first-order valence-electron chi connectivity index (χ1n) is 8.88. The molecular formula is C19H30N2O2. The minimum Gasteiger partial charge on any atom is -0.494 e. The number of fused-ring (bicyclic) bond motifs is 2. The average molecular weight is 318 g/mol. The van der Waals surface area contributed by atoms with E-state index in [0.717, 1.165) is 45.0 Å². The quantitative estimate of drug-likeness (QED) is 0.782. The maximum Gasteiger partial charge on any atom is 0.119 e. The summed E-state index contributed by atoms with van der Waals surface area (Å²) in [6.07, 6.45) is 3.37. The predicted octanol–water partition coefficient (Wildman–Crippen LogP) is 2.22. The summed E-state index contributed by atoms with van der Waals surface area (Å²) in [6, 6.07) is 8.48. The molecule has 128 valence electrons. The third kappa shape index (κ3) is 4.46. The Kier molecular flexibility index (Phi) is 5.57. The number of likely N-dealkylation sites (tertiary alicyclic amines) is 1. The Hall–Kier alpha value is -1.10. The van der Waals surface area contributed by atoms with Gasteiger partial charge in [0, 0.05) is 26.2 Å². The normalized spacial score (nSPS) is 27.6. The lowest BCUT2D eigenvalue weighted by Gasteiger charge is -2.35. The third-order valence-electron chi connectivity index (χ3n) is 5.18. The highest BCUT2D eigenvalue weighted by molar-refractivity contribution is 5.28. The van der Waals surface area contributed by atoms with Crippen LogP contribution in [0.1, 0.15) is 24.8 Å². The lowest BCUT2D eigenvalue weighted by Crippen LogP contribution is -2.44. The molecule has 2 fully saturated rings. The highest BCUT2D eigenvalue weighted by Gasteiger charge is 2.40. The van der Waals surface area contributed by atoms with Crippen molar-refractivity contribution in [2.45, 2.75) is 31.9 Å². The molecule has 0 radical (unpaired) electrons. The summed E-state index contributed by atoms with van der Waals surface area (Å²) in [4.78, 5) is 4.68. The fraction of sp³-hybridized carbons (Fsp3) is 0.684.